The molecule has 3 aliphatic heterocycles. The van der Waals surface area contributed by atoms with Crippen molar-refractivity contribution in [2.45, 2.75) is 83.3 Å². The van der Waals surface area contributed by atoms with Crippen LogP contribution < -0.4 is 27.6 Å². The lowest BCUT2D eigenvalue weighted by molar-refractivity contribution is 0.00578. The zero-order valence-electron chi connectivity index (χ0n) is 36.0. The van der Waals surface area contributed by atoms with Crippen LogP contribution in [0, 0.1) is 13.1 Å². The second-order valence-electron chi connectivity index (χ2n) is 16.0. The van der Waals surface area contributed by atoms with Gasteiger partial charge in [0.2, 0.25) is 12.1 Å². The summed E-state index contributed by atoms with van der Waals surface area (Å²) in [5.74, 6) is -1.83. The molecular formula is C43H52BBrN10O10. The summed E-state index contributed by atoms with van der Waals surface area (Å²) in [7, 11) is 1.79. The summed E-state index contributed by atoms with van der Waals surface area (Å²) in [5.41, 5.74) is 12.5. The summed E-state index contributed by atoms with van der Waals surface area (Å²) in [6, 6.07) is 8.63. The molecule has 5 heterocycles. The van der Waals surface area contributed by atoms with Gasteiger partial charge in [0.1, 0.15) is 23.2 Å². The third-order valence-electron chi connectivity index (χ3n) is 11.5. The summed E-state index contributed by atoms with van der Waals surface area (Å²) in [6.45, 7) is 24.2. The minimum absolute atomic E-state index is 0. The number of esters is 2. The molecule has 0 spiro atoms. The Balaban J connectivity index is 0.000000248. The summed E-state index contributed by atoms with van der Waals surface area (Å²) < 4.78 is 36.7. The Morgan fingerprint density at radius 2 is 1.18 bits per heavy atom. The third kappa shape index (κ3) is 10.8. The van der Waals surface area contributed by atoms with E-state index in [1.165, 1.54) is 26.6 Å². The number of hydrogen-bond donors (Lipinski definition) is 4. The standard InChI is InChI=1S/C24H30BN5O6.C18H18BrN5O4.CH4/c1-23(2)24(3,4)36-25(35-23)17-11-14(7-8-15(17)22(32)33-6)28-21-16(20(26)31)12-30(29-21)19-13-34-10-9-18(19)27-5;1-21-14-5-6-28-9-15(14)24-8-12(16(20)25)17(23-24)22-10-3-4-11(13(19)7-10)18(26)27-2;/h7-8,11-12,18-19H,9-10,13H2,1-4,6H3,(H2,26,31)(H,28,29);3-4,7-8,14-15H,5-6,9H2,2H3,(H2,20,25)(H,22,23);1H4/t18-,19?;14-,15?;/m00./s1. The van der Waals surface area contributed by atoms with Gasteiger partial charge in [0, 0.05) is 41.1 Å². The second-order valence-corrected chi connectivity index (χ2v) is 16.9. The summed E-state index contributed by atoms with van der Waals surface area (Å²) in [6.07, 6.45) is 4.24. The van der Waals surface area contributed by atoms with Gasteiger partial charge in [-0.25, -0.2) is 22.7 Å². The van der Waals surface area contributed by atoms with Crippen LogP contribution in [0.25, 0.3) is 9.69 Å². The number of carbonyl (C=O) groups excluding carboxylic acids is 4. The Morgan fingerprint density at radius 3 is 1.60 bits per heavy atom. The number of primary amides is 2. The monoisotopic (exact) mass is 958 g/mol. The molecule has 344 valence electrons. The van der Waals surface area contributed by atoms with E-state index in [0.717, 1.165) is 0 Å². The Morgan fingerprint density at radius 1 is 0.754 bits per heavy atom. The van der Waals surface area contributed by atoms with Crippen molar-refractivity contribution in [1.82, 2.24) is 19.6 Å². The highest BCUT2D eigenvalue weighted by Gasteiger charge is 2.52. The lowest BCUT2D eigenvalue weighted by atomic mass is 9.75. The average molecular weight is 960 g/mol. The maximum Gasteiger partial charge on any atom is 0.495 e. The van der Waals surface area contributed by atoms with Crippen molar-refractivity contribution in [3.63, 3.8) is 0 Å². The first kappa shape index (κ1) is 49.7. The molecular weight excluding hydrogens is 907 g/mol. The molecule has 0 bridgehead atoms. The van der Waals surface area contributed by atoms with Gasteiger partial charge in [-0.05, 0) is 85.5 Å². The quantitative estimate of drug-likeness (QED) is 0.0856. The second kappa shape index (κ2) is 20.7. The van der Waals surface area contributed by atoms with Gasteiger partial charge in [0.15, 0.2) is 11.6 Å². The molecule has 65 heavy (non-hydrogen) atoms. The first-order valence-corrected chi connectivity index (χ1v) is 20.9. The van der Waals surface area contributed by atoms with E-state index < -0.39 is 42.1 Å². The molecule has 7 rings (SSSR count). The van der Waals surface area contributed by atoms with E-state index in [2.05, 4.69) is 46.5 Å². The molecule has 0 radical (unpaired) electrons. The molecule has 0 aliphatic carbocycles. The van der Waals surface area contributed by atoms with Crippen molar-refractivity contribution in [3.05, 3.63) is 98.4 Å². The van der Waals surface area contributed by atoms with Gasteiger partial charge in [0.05, 0.1) is 63.0 Å². The molecule has 4 aromatic rings. The number of amides is 2. The zero-order valence-corrected chi connectivity index (χ0v) is 37.6. The average Bonchev–Trinajstić information content (AvgIpc) is 3.96. The van der Waals surface area contributed by atoms with E-state index >= 15 is 0 Å². The van der Waals surface area contributed by atoms with Crippen molar-refractivity contribution >= 4 is 75.3 Å². The maximum atomic E-state index is 12.5. The number of carbonyl (C=O) groups is 4. The van der Waals surface area contributed by atoms with Gasteiger partial charge in [-0.15, -0.1) is 0 Å². The molecule has 22 heteroatoms. The Kier molecular flexibility index (Phi) is 15.8. The third-order valence-corrected chi connectivity index (χ3v) is 12.1. The SMILES string of the molecule is C.[C-]#[N+][C@H]1CCOCC1n1cc(C(N)=O)c(Nc2ccc(C(=O)OC)c(B3OC(C)(C)C(C)(C)O3)c2)n1.[C-]#[N+][C@H]1CCOCC1n1cc(C(N)=O)c(Nc2ccc(C(=O)OC)c(Br)c2)n1. The van der Waals surface area contributed by atoms with Crippen LogP contribution in [-0.2, 0) is 28.3 Å². The topological polar surface area (TPSA) is 244 Å². The number of aromatic nitrogens is 4. The maximum absolute atomic E-state index is 12.5. The van der Waals surface area contributed by atoms with Crippen LogP contribution in [0.1, 0.15) is 101 Å². The van der Waals surface area contributed by atoms with Gasteiger partial charge in [0.25, 0.3) is 11.8 Å². The van der Waals surface area contributed by atoms with Crippen LogP contribution in [0.4, 0.5) is 23.0 Å². The largest absolute Gasteiger partial charge is 0.495 e. The van der Waals surface area contributed by atoms with E-state index in [0.29, 0.717) is 71.7 Å². The highest BCUT2D eigenvalue weighted by molar-refractivity contribution is 9.10. The van der Waals surface area contributed by atoms with Crippen molar-refractivity contribution in [3.8, 4) is 0 Å². The van der Waals surface area contributed by atoms with Gasteiger partial charge < -0.3 is 60.0 Å². The normalized spacial score (nSPS) is 20.7. The van der Waals surface area contributed by atoms with E-state index in [4.69, 9.17) is 52.9 Å². The van der Waals surface area contributed by atoms with Crippen LogP contribution in [0.5, 0.6) is 0 Å². The summed E-state index contributed by atoms with van der Waals surface area (Å²) in [5, 5.41) is 15.1. The molecule has 3 fully saturated rings. The molecule has 4 atom stereocenters. The number of methoxy groups -OCH3 is 2. The molecule has 3 saturated heterocycles. The number of nitrogens with zero attached hydrogens (tertiary/aromatic N) is 6. The van der Waals surface area contributed by atoms with Crippen LogP contribution in [0.3, 0.4) is 0 Å². The van der Waals surface area contributed by atoms with E-state index in [-0.39, 0.29) is 54.4 Å². The fourth-order valence-corrected chi connectivity index (χ4v) is 7.68. The van der Waals surface area contributed by atoms with E-state index in [1.54, 1.807) is 45.8 Å². The fourth-order valence-electron chi connectivity index (χ4n) is 7.14. The predicted molar refractivity (Wildman–Crippen MR) is 243 cm³/mol. The first-order chi connectivity index (χ1) is 30.4. The van der Waals surface area contributed by atoms with Crippen molar-refractivity contribution in [2.75, 3.05) is 51.3 Å². The van der Waals surface area contributed by atoms with Crippen molar-refractivity contribution in [2.24, 2.45) is 11.5 Å². The van der Waals surface area contributed by atoms with Gasteiger partial charge in [-0.1, -0.05) is 7.43 Å². The van der Waals surface area contributed by atoms with E-state index in [9.17, 15) is 19.2 Å². The van der Waals surface area contributed by atoms with Crippen LogP contribution in [-0.4, -0.2) is 114 Å². The smallest absolute Gasteiger partial charge is 0.465 e. The summed E-state index contributed by atoms with van der Waals surface area (Å²) in [4.78, 5) is 55.6. The van der Waals surface area contributed by atoms with Gasteiger partial charge in [-0.3, -0.25) is 19.0 Å². The van der Waals surface area contributed by atoms with Crippen LogP contribution in [0.2, 0.25) is 0 Å². The summed E-state index contributed by atoms with van der Waals surface area (Å²) >= 11 is 3.33. The molecule has 0 saturated carbocycles. The number of ether oxygens (including phenoxy) is 4. The molecule has 6 N–H and O–H groups in total. The van der Waals surface area contributed by atoms with Crippen LogP contribution in [0.15, 0.2) is 53.3 Å². The highest BCUT2D eigenvalue weighted by Crippen LogP contribution is 2.37. The number of rotatable bonds is 11. The molecule has 2 aromatic heterocycles. The van der Waals surface area contributed by atoms with Crippen LogP contribution >= 0.6 is 15.9 Å². The molecule has 2 unspecified atom stereocenters. The number of benzene rings is 2. The lowest BCUT2D eigenvalue weighted by Crippen LogP contribution is -2.41. The Hall–Kier alpha value is -6.30. The fraction of sp³-hybridized carbons (Fsp3) is 0.442. The minimum atomic E-state index is -0.821. The zero-order chi connectivity index (χ0) is 46.5. The lowest BCUT2D eigenvalue weighted by Gasteiger charge is -2.32. The highest BCUT2D eigenvalue weighted by atomic mass is 79.9. The number of hydrogen-bond acceptors (Lipinski definition) is 14. The Labute approximate surface area is 385 Å². The van der Waals surface area contributed by atoms with E-state index in [1.807, 2.05) is 27.7 Å². The Bertz CT molecular complexity index is 2500. The predicted octanol–water partition coefficient (Wildman–Crippen LogP) is 5.22. The number of nitrogens with one attached hydrogen (secondary N) is 2. The van der Waals surface area contributed by atoms with Crippen molar-refractivity contribution in [1.29, 1.82) is 0 Å². The van der Waals surface area contributed by atoms with Gasteiger partial charge in [-0.2, -0.15) is 10.2 Å². The number of anilines is 4. The minimum Gasteiger partial charge on any atom is -0.465 e. The molecule has 20 nitrogen and oxygen atoms in total. The molecule has 2 amide bonds. The van der Waals surface area contributed by atoms with Gasteiger partial charge >= 0.3 is 19.1 Å². The molecule has 3 aliphatic rings. The number of nitrogens with two attached hydrogens (primary N) is 2. The first-order valence-electron chi connectivity index (χ1n) is 20.1. The van der Waals surface area contributed by atoms with Crippen molar-refractivity contribution < 1.29 is 47.4 Å². The number of halogens is 1. The molecule has 2 aromatic carbocycles.